The van der Waals surface area contributed by atoms with Crippen LogP contribution in [0.15, 0.2) is 78.9 Å². The van der Waals surface area contributed by atoms with E-state index in [1.54, 1.807) is 70.2 Å². The Balaban J connectivity index is 1.41. The van der Waals surface area contributed by atoms with E-state index in [4.69, 9.17) is 14.2 Å². The number of rotatable bonds is 18. The lowest BCUT2D eigenvalue weighted by molar-refractivity contribution is -0.144. The van der Waals surface area contributed by atoms with Gasteiger partial charge < -0.3 is 50.8 Å². The highest BCUT2D eigenvalue weighted by atomic mass is 16.6. The maximum Gasteiger partial charge on any atom is 0.407 e. The molecule has 0 spiro atoms. The topological polar surface area (TPSA) is 231 Å². The lowest BCUT2D eigenvalue weighted by Crippen LogP contribution is -2.55. The number of amides is 6. The molecule has 0 aliphatic carbocycles. The van der Waals surface area contributed by atoms with Gasteiger partial charge in [-0.1, -0.05) is 61.9 Å². The first kappa shape index (κ1) is 54.5. The third-order valence-corrected chi connectivity index (χ3v) is 12.0. The molecule has 17 nitrogen and oxygen atoms in total. The molecule has 0 saturated carbocycles. The molecule has 0 radical (unpaired) electrons. The van der Waals surface area contributed by atoms with E-state index in [0.29, 0.717) is 57.7 Å². The molecule has 5 rings (SSSR count). The molecule has 6 amide bonds. The van der Waals surface area contributed by atoms with Gasteiger partial charge in [0.05, 0.1) is 14.2 Å². The standard InChI is InChI=1S/C54H68N6O11/c1-10-13-34-15-17-36(18-16-34)37-19-21-38(22-20-37)49(63)55-27-25-45(61)58-42(14-11-12-26-56-53(68)71-54(4,5)6)51(65)60(7)46-39-23-24-44(69-8)40(31-39)41-29-35(28-32(2)47(41)70-9)30-43(52(66)67)59-48(62)33(3)57-50(46)64/h15-24,28-29,31,33,42-43,46H,10-14,25-27,30H2,1-9H3,(H,55,63)(H,56,68)(H,57,64)(H,58,61)(H,59,62)(H,66,67)/t33-,42-,43-,46-/m0/s1. The highest BCUT2D eigenvalue weighted by molar-refractivity contribution is 5.97. The largest absolute Gasteiger partial charge is 0.496 e. The van der Waals surface area contributed by atoms with E-state index < -0.39 is 65.5 Å². The Kier molecular flexibility index (Phi) is 19.1. The lowest BCUT2D eigenvalue weighted by Gasteiger charge is -2.32. The molecule has 6 N–H and O–H groups in total. The molecular weight excluding hydrogens is 909 g/mol. The maximum absolute atomic E-state index is 14.8. The molecule has 0 aromatic heterocycles. The number of carbonyl (C=O) groups excluding carboxylic acids is 6. The smallest absolute Gasteiger partial charge is 0.407 e. The Morgan fingerprint density at radius 2 is 1.51 bits per heavy atom. The maximum atomic E-state index is 14.8. The summed E-state index contributed by atoms with van der Waals surface area (Å²) in [5, 5.41) is 23.7. The average Bonchev–Trinajstić information content (AvgIpc) is 3.32. The number of aryl methyl sites for hydroxylation is 2. The SMILES string of the molecule is CCCc1ccc(-c2ccc(C(=O)NCCC(=O)N[C@@H](CCCCNC(=O)OC(C)(C)C)C(=O)N(C)[C@@H]3C(=O)N[C@@H](C)C(=O)N[C@H](C(=O)O)Cc4cc(C)c(OC)c(c4)-c4cc3ccc4OC)cc2)cc1. The Hall–Kier alpha value is -7.43. The van der Waals surface area contributed by atoms with Crippen molar-refractivity contribution >= 4 is 41.6 Å². The van der Waals surface area contributed by atoms with E-state index >= 15 is 0 Å². The summed E-state index contributed by atoms with van der Waals surface area (Å²) in [4.78, 5) is 95.7. The zero-order valence-electron chi connectivity index (χ0n) is 42.2. The van der Waals surface area contributed by atoms with Crippen molar-refractivity contribution in [2.45, 2.75) is 116 Å². The molecule has 1 aliphatic heterocycles. The van der Waals surface area contributed by atoms with Crippen molar-refractivity contribution in [3.8, 4) is 33.8 Å². The Bertz CT molecular complexity index is 2560. The van der Waals surface area contributed by atoms with Gasteiger partial charge in [-0.3, -0.25) is 24.0 Å². The molecule has 0 fully saturated rings. The fourth-order valence-electron chi connectivity index (χ4n) is 8.42. The van der Waals surface area contributed by atoms with Gasteiger partial charge in [0, 0.05) is 49.7 Å². The third kappa shape index (κ3) is 15.0. The molecule has 4 bridgehead atoms. The van der Waals surface area contributed by atoms with Crippen molar-refractivity contribution in [1.82, 2.24) is 31.5 Å². The van der Waals surface area contributed by atoms with E-state index in [0.717, 1.165) is 24.0 Å². The second kappa shape index (κ2) is 24.9. The fraction of sp³-hybridized carbons (Fsp3) is 0.426. The number of ether oxygens (including phenoxy) is 3. The zero-order valence-corrected chi connectivity index (χ0v) is 42.2. The molecule has 4 aromatic carbocycles. The minimum Gasteiger partial charge on any atom is -0.496 e. The first-order valence-electron chi connectivity index (χ1n) is 23.9. The number of hydrogen-bond acceptors (Lipinski definition) is 10. The first-order chi connectivity index (χ1) is 33.7. The molecule has 4 aromatic rings. The average molecular weight is 977 g/mol. The van der Waals surface area contributed by atoms with Gasteiger partial charge in [0.2, 0.25) is 23.6 Å². The number of benzene rings is 4. The summed E-state index contributed by atoms with van der Waals surface area (Å²) in [6.07, 6.45) is 2.02. The monoisotopic (exact) mass is 976 g/mol. The van der Waals surface area contributed by atoms with Crippen LogP contribution in [0.3, 0.4) is 0 Å². The molecule has 17 heteroatoms. The van der Waals surface area contributed by atoms with Crippen LogP contribution in [0.25, 0.3) is 22.3 Å². The first-order valence-corrected chi connectivity index (χ1v) is 23.9. The molecule has 71 heavy (non-hydrogen) atoms. The minimum atomic E-state index is -1.41. The van der Waals surface area contributed by atoms with Crippen LogP contribution in [0.4, 0.5) is 4.79 Å². The van der Waals surface area contributed by atoms with Crippen LogP contribution in [-0.2, 0) is 41.6 Å². The minimum absolute atomic E-state index is 0.0473. The number of likely N-dealkylation sites (N-methyl/N-ethyl adjacent to an activating group) is 1. The van der Waals surface area contributed by atoms with Crippen LogP contribution < -0.4 is 36.1 Å². The fourth-order valence-corrected chi connectivity index (χ4v) is 8.42. The summed E-state index contributed by atoms with van der Waals surface area (Å²) >= 11 is 0. The van der Waals surface area contributed by atoms with Gasteiger partial charge in [0.1, 0.15) is 41.3 Å². The number of fused-ring (bicyclic) bond motifs is 5. The third-order valence-electron chi connectivity index (χ3n) is 12.0. The van der Waals surface area contributed by atoms with Crippen molar-refractivity contribution in [3.63, 3.8) is 0 Å². The van der Waals surface area contributed by atoms with Crippen LogP contribution >= 0.6 is 0 Å². The van der Waals surface area contributed by atoms with Gasteiger partial charge in [-0.05, 0) is 124 Å². The zero-order chi connectivity index (χ0) is 52.0. The molecule has 4 atom stereocenters. The Morgan fingerprint density at radius 3 is 2.13 bits per heavy atom. The number of aliphatic carboxylic acids is 1. The number of carbonyl (C=O) groups is 7. The number of unbranched alkanes of at least 4 members (excludes halogenated alkanes) is 1. The summed E-state index contributed by atoms with van der Waals surface area (Å²) in [6, 6.07) is 18.7. The van der Waals surface area contributed by atoms with Crippen molar-refractivity contribution in [2.24, 2.45) is 0 Å². The van der Waals surface area contributed by atoms with E-state index in [-0.39, 0.29) is 38.3 Å². The highest BCUT2D eigenvalue weighted by Gasteiger charge is 2.36. The number of hydrogen-bond donors (Lipinski definition) is 6. The summed E-state index contributed by atoms with van der Waals surface area (Å²) in [5.74, 6) is -3.56. The molecule has 1 heterocycles. The summed E-state index contributed by atoms with van der Waals surface area (Å²) in [6.45, 7) is 10.7. The van der Waals surface area contributed by atoms with Gasteiger partial charge in [-0.2, -0.15) is 0 Å². The van der Waals surface area contributed by atoms with Crippen molar-refractivity contribution < 1.29 is 52.9 Å². The van der Waals surface area contributed by atoms with Gasteiger partial charge in [-0.15, -0.1) is 0 Å². The van der Waals surface area contributed by atoms with E-state index in [1.807, 2.05) is 12.1 Å². The summed E-state index contributed by atoms with van der Waals surface area (Å²) < 4.78 is 17.0. The van der Waals surface area contributed by atoms with E-state index in [9.17, 15) is 38.7 Å². The highest BCUT2D eigenvalue weighted by Crippen LogP contribution is 2.41. The normalized spacial score (nSPS) is 16.2. The number of methoxy groups -OCH3 is 2. The van der Waals surface area contributed by atoms with Crippen LogP contribution in [-0.4, -0.2) is 110 Å². The number of nitrogens with zero attached hydrogens (tertiary/aromatic N) is 1. The predicted octanol–water partition coefficient (Wildman–Crippen LogP) is 6.43. The Labute approximate surface area is 415 Å². The quantitative estimate of drug-likeness (QED) is 0.0596. The summed E-state index contributed by atoms with van der Waals surface area (Å²) in [5.41, 5.74) is 5.49. The van der Waals surface area contributed by atoms with Crippen LogP contribution in [0.2, 0.25) is 0 Å². The van der Waals surface area contributed by atoms with E-state index in [1.165, 1.54) is 38.7 Å². The summed E-state index contributed by atoms with van der Waals surface area (Å²) in [7, 11) is 4.38. The van der Waals surface area contributed by atoms with Gasteiger partial charge >= 0.3 is 12.1 Å². The second-order valence-corrected chi connectivity index (χ2v) is 18.7. The molecule has 0 unspecified atom stereocenters. The number of alkyl carbamates (subject to hydrolysis) is 1. The van der Waals surface area contributed by atoms with Crippen molar-refractivity contribution in [1.29, 1.82) is 0 Å². The predicted molar refractivity (Wildman–Crippen MR) is 269 cm³/mol. The van der Waals surface area contributed by atoms with Gasteiger partial charge in [0.25, 0.3) is 5.91 Å². The van der Waals surface area contributed by atoms with Crippen LogP contribution in [0.5, 0.6) is 11.5 Å². The number of carboxylic acids is 1. The van der Waals surface area contributed by atoms with Crippen LogP contribution in [0, 0.1) is 6.92 Å². The van der Waals surface area contributed by atoms with E-state index in [2.05, 4.69) is 57.8 Å². The van der Waals surface area contributed by atoms with Crippen LogP contribution in [0.1, 0.15) is 105 Å². The van der Waals surface area contributed by atoms with Crippen molar-refractivity contribution in [3.05, 3.63) is 107 Å². The molecule has 1 aliphatic rings. The lowest BCUT2D eigenvalue weighted by atomic mass is 9.92. The number of nitrogens with one attached hydrogen (secondary N) is 5. The molecule has 380 valence electrons. The Morgan fingerprint density at radius 1 is 0.831 bits per heavy atom. The number of carboxylic acid groups (broad SMARTS) is 1. The van der Waals surface area contributed by atoms with Gasteiger partial charge in [-0.25, -0.2) is 9.59 Å². The van der Waals surface area contributed by atoms with Crippen molar-refractivity contribution in [2.75, 3.05) is 34.4 Å². The van der Waals surface area contributed by atoms with Gasteiger partial charge in [0.15, 0.2) is 0 Å². The molecular formula is C54H68N6O11. The molecule has 0 saturated heterocycles. The second-order valence-electron chi connectivity index (χ2n) is 18.7.